The number of hydrogen-bond acceptors (Lipinski definition) is 3. The highest BCUT2D eigenvalue weighted by molar-refractivity contribution is 7.89. The molecule has 2 N–H and O–H groups in total. The molecule has 19 heavy (non-hydrogen) atoms. The Morgan fingerprint density at radius 2 is 2.21 bits per heavy atom. The summed E-state index contributed by atoms with van der Waals surface area (Å²) < 4.78 is 39.4. The van der Waals surface area contributed by atoms with Gasteiger partial charge in [0, 0.05) is 12.6 Å². The van der Waals surface area contributed by atoms with Gasteiger partial charge in [-0.3, -0.25) is 0 Å². The molecule has 0 aliphatic carbocycles. The van der Waals surface area contributed by atoms with Crippen LogP contribution in [0.1, 0.15) is 13.3 Å². The van der Waals surface area contributed by atoms with Gasteiger partial charge in [-0.05, 0) is 44.0 Å². The maximum absolute atomic E-state index is 13.0. The summed E-state index contributed by atoms with van der Waals surface area (Å²) in [6, 6.07) is 3.19. The predicted octanol–water partition coefficient (Wildman–Crippen LogP) is 1.84. The summed E-state index contributed by atoms with van der Waals surface area (Å²) in [5, 5.41) is -0.0941. The van der Waals surface area contributed by atoms with Crippen LogP contribution in [-0.2, 0) is 10.0 Å². The van der Waals surface area contributed by atoms with E-state index in [0.717, 1.165) is 18.6 Å². The molecule has 1 fully saturated rings. The van der Waals surface area contributed by atoms with Gasteiger partial charge >= 0.3 is 0 Å². The molecule has 1 aromatic rings. The molecular weight excluding hydrogens is 291 g/mol. The number of halogens is 2. The minimum atomic E-state index is -3.70. The zero-order valence-electron chi connectivity index (χ0n) is 10.5. The first-order valence-electron chi connectivity index (χ1n) is 6.03. The van der Waals surface area contributed by atoms with Crippen LogP contribution in [0.25, 0.3) is 0 Å². The highest BCUT2D eigenvalue weighted by Gasteiger charge is 2.38. The van der Waals surface area contributed by atoms with Crippen molar-refractivity contribution in [1.29, 1.82) is 0 Å². The SMILES string of the molecule is CC1CC(CN)CN1S(=O)(=O)c1ccc(F)cc1Cl. The van der Waals surface area contributed by atoms with Crippen LogP contribution in [0, 0.1) is 11.7 Å². The Hall–Kier alpha value is -0.690. The predicted molar refractivity (Wildman–Crippen MR) is 71.9 cm³/mol. The summed E-state index contributed by atoms with van der Waals surface area (Å²) in [7, 11) is -3.70. The lowest BCUT2D eigenvalue weighted by Gasteiger charge is -2.21. The molecule has 0 radical (unpaired) electrons. The number of nitrogens with zero attached hydrogens (tertiary/aromatic N) is 1. The van der Waals surface area contributed by atoms with Gasteiger partial charge in [0.05, 0.1) is 5.02 Å². The minimum Gasteiger partial charge on any atom is -0.330 e. The van der Waals surface area contributed by atoms with E-state index >= 15 is 0 Å². The Kier molecular flexibility index (Phi) is 4.15. The lowest BCUT2D eigenvalue weighted by Crippen LogP contribution is -2.34. The molecule has 1 aromatic carbocycles. The number of sulfonamides is 1. The van der Waals surface area contributed by atoms with Crippen LogP contribution in [0.15, 0.2) is 23.1 Å². The van der Waals surface area contributed by atoms with Crippen molar-refractivity contribution in [2.75, 3.05) is 13.1 Å². The first-order chi connectivity index (χ1) is 8.86. The van der Waals surface area contributed by atoms with Crippen LogP contribution in [-0.4, -0.2) is 31.9 Å². The first-order valence-corrected chi connectivity index (χ1v) is 7.85. The minimum absolute atomic E-state index is 0.0555. The molecule has 4 nitrogen and oxygen atoms in total. The van der Waals surface area contributed by atoms with Gasteiger partial charge in [0.2, 0.25) is 10.0 Å². The third kappa shape index (κ3) is 2.76. The molecule has 0 spiro atoms. The highest BCUT2D eigenvalue weighted by Crippen LogP contribution is 2.32. The third-order valence-electron chi connectivity index (χ3n) is 3.42. The smallest absolute Gasteiger partial charge is 0.244 e. The lowest BCUT2D eigenvalue weighted by atomic mass is 10.1. The number of benzene rings is 1. The van der Waals surface area contributed by atoms with Crippen molar-refractivity contribution >= 4 is 21.6 Å². The van der Waals surface area contributed by atoms with Crippen LogP contribution < -0.4 is 5.73 Å². The van der Waals surface area contributed by atoms with Crippen molar-refractivity contribution < 1.29 is 12.8 Å². The monoisotopic (exact) mass is 306 g/mol. The molecule has 0 aromatic heterocycles. The lowest BCUT2D eigenvalue weighted by molar-refractivity contribution is 0.404. The molecule has 2 rings (SSSR count). The fourth-order valence-corrected chi connectivity index (χ4v) is 4.65. The summed E-state index contributed by atoms with van der Waals surface area (Å²) in [5.41, 5.74) is 5.59. The largest absolute Gasteiger partial charge is 0.330 e. The maximum atomic E-state index is 13.0. The van der Waals surface area contributed by atoms with Crippen LogP contribution in [0.4, 0.5) is 4.39 Å². The number of rotatable bonds is 3. The van der Waals surface area contributed by atoms with E-state index in [0.29, 0.717) is 13.1 Å². The van der Waals surface area contributed by atoms with E-state index in [1.165, 1.54) is 10.4 Å². The van der Waals surface area contributed by atoms with Crippen molar-refractivity contribution in [2.45, 2.75) is 24.3 Å². The Labute approximate surface area is 117 Å². The van der Waals surface area contributed by atoms with Crippen LogP contribution in [0.5, 0.6) is 0 Å². The van der Waals surface area contributed by atoms with Gasteiger partial charge in [0.25, 0.3) is 0 Å². The Bertz CT molecular complexity index is 579. The van der Waals surface area contributed by atoms with Crippen LogP contribution in [0.3, 0.4) is 0 Å². The molecule has 7 heteroatoms. The molecule has 1 heterocycles. The molecule has 0 amide bonds. The summed E-state index contributed by atoms with van der Waals surface area (Å²) >= 11 is 5.84. The number of hydrogen-bond donors (Lipinski definition) is 1. The van der Waals surface area contributed by atoms with Crippen molar-refractivity contribution in [2.24, 2.45) is 11.7 Å². The van der Waals surface area contributed by atoms with Crippen molar-refractivity contribution in [3.05, 3.63) is 29.0 Å². The average molecular weight is 307 g/mol. The zero-order chi connectivity index (χ0) is 14.2. The summed E-state index contributed by atoms with van der Waals surface area (Å²) in [5.74, 6) is -0.401. The van der Waals surface area contributed by atoms with E-state index in [1.54, 1.807) is 0 Å². The van der Waals surface area contributed by atoms with Crippen molar-refractivity contribution in [1.82, 2.24) is 4.31 Å². The van der Waals surface area contributed by atoms with Gasteiger partial charge in [-0.25, -0.2) is 12.8 Å². The number of nitrogens with two attached hydrogens (primary N) is 1. The second-order valence-corrected chi connectivity index (χ2v) is 7.10. The van der Waals surface area contributed by atoms with Crippen LogP contribution in [0.2, 0.25) is 5.02 Å². The maximum Gasteiger partial charge on any atom is 0.244 e. The van der Waals surface area contributed by atoms with E-state index in [4.69, 9.17) is 17.3 Å². The molecule has 1 aliphatic heterocycles. The fraction of sp³-hybridized carbons (Fsp3) is 0.500. The molecule has 1 aliphatic rings. The van der Waals surface area contributed by atoms with E-state index in [-0.39, 0.29) is 21.9 Å². The highest BCUT2D eigenvalue weighted by atomic mass is 35.5. The normalized spacial score (nSPS) is 24.8. The first kappa shape index (κ1) is 14.7. The van der Waals surface area contributed by atoms with Crippen molar-refractivity contribution in [3.8, 4) is 0 Å². The fourth-order valence-electron chi connectivity index (χ4n) is 2.43. The summed E-state index contributed by atoms with van der Waals surface area (Å²) in [6.07, 6.45) is 0.731. The zero-order valence-corrected chi connectivity index (χ0v) is 12.1. The quantitative estimate of drug-likeness (QED) is 0.927. The van der Waals surface area contributed by atoms with Crippen LogP contribution >= 0.6 is 11.6 Å². The third-order valence-corrected chi connectivity index (χ3v) is 5.88. The molecule has 2 atom stereocenters. The molecular formula is C12H16ClFN2O2S. The Morgan fingerprint density at radius 1 is 1.53 bits per heavy atom. The topological polar surface area (TPSA) is 63.4 Å². The van der Waals surface area contributed by atoms with E-state index in [9.17, 15) is 12.8 Å². The van der Waals surface area contributed by atoms with E-state index < -0.39 is 15.8 Å². The average Bonchev–Trinajstić information content (AvgIpc) is 2.70. The van der Waals surface area contributed by atoms with Gasteiger partial charge in [-0.2, -0.15) is 4.31 Å². The molecule has 106 valence electrons. The Morgan fingerprint density at radius 3 is 2.74 bits per heavy atom. The van der Waals surface area contributed by atoms with E-state index in [1.807, 2.05) is 6.92 Å². The Balaban J connectivity index is 2.37. The second kappa shape index (κ2) is 5.36. The van der Waals surface area contributed by atoms with Gasteiger partial charge in [0.1, 0.15) is 10.7 Å². The molecule has 1 saturated heterocycles. The van der Waals surface area contributed by atoms with Gasteiger partial charge in [0.15, 0.2) is 0 Å². The molecule has 0 saturated carbocycles. The molecule has 0 bridgehead atoms. The van der Waals surface area contributed by atoms with Gasteiger partial charge < -0.3 is 5.73 Å². The summed E-state index contributed by atoms with van der Waals surface area (Å²) in [4.78, 5) is -0.0555. The standard InChI is InChI=1S/C12H16ClFN2O2S/c1-8-4-9(6-15)7-16(8)19(17,18)12-3-2-10(14)5-11(12)13/h2-3,5,8-9H,4,6-7,15H2,1H3. The van der Waals surface area contributed by atoms with Gasteiger partial charge in [-0.1, -0.05) is 11.6 Å². The molecule has 2 unspecified atom stereocenters. The van der Waals surface area contributed by atoms with Gasteiger partial charge in [-0.15, -0.1) is 0 Å². The summed E-state index contributed by atoms with van der Waals surface area (Å²) in [6.45, 7) is 2.67. The second-order valence-electron chi connectivity index (χ2n) is 4.84. The van der Waals surface area contributed by atoms with Crippen molar-refractivity contribution in [3.63, 3.8) is 0 Å². The van der Waals surface area contributed by atoms with E-state index in [2.05, 4.69) is 0 Å².